The van der Waals surface area contributed by atoms with E-state index in [9.17, 15) is 24.3 Å². The van der Waals surface area contributed by atoms with Crippen LogP contribution < -0.4 is 30.0 Å². The Morgan fingerprint density at radius 2 is 1.10 bits per heavy atom. The molecule has 0 aliphatic heterocycles. The molecule has 0 radical (unpaired) electrons. The minimum Gasteiger partial charge on any atom is -0.870 e. The number of likely N-dealkylation sites (N-methyl/N-ethyl adjacent to an activating group) is 2. The Morgan fingerprint density at radius 1 is 0.750 bits per heavy atom. The van der Waals surface area contributed by atoms with E-state index < -0.39 is 18.1 Å². The van der Waals surface area contributed by atoms with Crippen molar-refractivity contribution in [2.45, 2.75) is 79.3 Å². The van der Waals surface area contributed by atoms with Gasteiger partial charge in [-0.15, -0.1) is 0 Å². The fraction of sp³-hybridized carbons (Fsp3) is 0.647. The van der Waals surface area contributed by atoms with Gasteiger partial charge in [0.25, 0.3) is 11.1 Å². The first-order valence-electron chi connectivity index (χ1n) is 15.8. The summed E-state index contributed by atoms with van der Waals surface area (Å²) < 4.78 is 8.03. The van der Waals surface area contributed by atoms with Gasteiger partial charge in [0.2, 0.25) is 0 Å². The van der Waals surface area contributed by atoms with Crippen molar-refractivity contribution < 1.29 is 54.4 Å². The number of aliphatic carboxylic acids is 1. The molecule has 0 aromatic carbocycles. The zero-order chi connectivity index (χ0) is 34.7. The zero-order valence-electron chi connectivity index (χ0n) is 31.0. The average Bonchev–Trinajstić information content (AvgIpc) is 2.94. The first kappa shape index (κ1) is 52.1. The standard InChI is InChI=1S/C17H28N2O3.C15H24N2O3.C2H6O.Li.2H2O/c1-6-22-17(21)15(11-13(2)3)19-12-14(7-8-16(19)20)9-10-18(4)5;1-11(2)9-13(15(19)20)17-10-12(5-6-14(17)18)7-8-16(3)4;1-2-3;;;/h7-8,12-13,15H,6,9-11H2,1-5H3;5-6,10-11,13H,7-9H2,1-4H3,(H,19,20);3H,2H2,1H3;;2*1H2/q;;;+1;;/p-2. The molecule has 272 valence electrons. The van der Waals surface area contributed by atoms with Gasteiger partial charge in [-0.25, -0.2) is 9.59 Å². The maximum Gasteiger partial charge on any atom is 1.00 e. The smallest absolute Gasteiger partial charge is 0.870 e. The maximum atomic E-state index is 12.2. The van der Waals surface area contributed by atoms with E-state index in [4.69, 9.17) is 9.84 Å². The van der Waals surface area contributed by atoms with E-state index in [1.54, 1.807) is 32.3 Å². The minimum atomic E-state index is -0.953. The zero-order valence-corrected chi connectivity index (χ0v) is 31.0. The molecule has 13 nitrogen and oxygen atoms in total. The third kappa shape index (κ3) is 21.3. The number of ether oxygens (including phenoxy) is 1. The summed E-state index contributed by atoms with van der Waals surface area (Å²) in [6, 6.07) is 5.27. The predicted molar refractivity (Wildman–Crippen MR) is 184 cm³/mol. The number of carboxylic acid groups (broad SMARTS) is 1. The first-order valence-corrected chi connectivity index (χ1v) is 15.8. The topological polar surface area (TPSA) is 194 Å². The van der Waals surface area contributed by atoms with E-state index in [2.05, 4.69) is 9.80 Å². The molecule has 4 N–H and O–H groups in total. The van der Waals surface area contributed by atoms with Crippen molar-refractivity contribution in [1.29, 1.82) is 0 Å². The number of aromatic nitrogens is 2. The Kier molecular flexibility index (Phi) is 30.5. The average molecular weight is 676 g/mol. The molecule has 48 heavy (non-hydrogen) atoms. The van der Waals surface area contributed by atoms with Crippen molar-refractivity contribution in [3.05, 3.63) is 68.5 Å². The van der Waals surface area contributed by atoms with E-state index in [-0.39, 0.29) is 59.4 Å². The summed E-state index contributed by atoms with van der Waals surface area (Å²) in [5.74, 6) is -0.770. The van der Waals surface area contributed by atoms with Gasteiger partial charge < -0.3 is 44.8 Å². The number of pyridine rings is 2. The third-order valence-electron chi connectivity index (χ3n) is 6.60. The number of aliphatic hydroxyl groups excluding tert-OH is 1. The van der Waals surface area contributed by atoms with Gasteiger partial charge in [0.1, 0.15) is 12.1 Å². The Bertz CT molecular complexity index is 1260. The van der Waals surface area contributed by atoms with Gasteiger partial charge in [0.05, 0.1) is 6.61 Å². The number of carbonyl (C=O) groups excluding carboxylic acids is 1. The normalized spacial score (nSPS) is 11.6. The van der Waals surface area contributed by atoms with Gasteiger partial charge in [-0.3, -0.25) is 9.59 Å². The molecule has 0 bridgehead atoms. The second-order valence-electron chi connectivity index (χ2n) is 12.4. The van der Waals surface area contributed by atoms with Crippen LogP contribution in [0.1, 0.15) is 77.6 Å². The van der Waals surface area contributed by atoms with E-state index in [1.807, 2.05) is 62.0 Å². The van der Waals surface area contributed by atoms with Gasteiger partial charge in [-0.1, -0.05) is 39.8 Å². The molecule has 0 spiro atoms. The van der Waals surface area contributed by atoms with Crippen LogP contribution in [-0.2, 0) is 27.2 Å². The molecule has 2 aromatic rings. The van der Waals surface area contributed by atoms with Crippen molar-refractivity contribution in [2.75, 3.05) is 54.5 Å². The Hall–Kier alpha value is -2.76. The summed E-state index contributed by atoms with van der Waals surface area (Å²) in [5, 5.41) is 16.9. The van der Waals surface area contributed by atoms with Crippen LogP contribution in [0.3, 0.4) is 0 Å². The minimum absolute atomic E-state index is 0. The molecular formula is C34H60LiN4O9-. The molecule has 2 heterocycles. The van der Waals surface area contributed by atoms with Crippen LogP contribution in [0.5, 0.6) is 0 Å². The molecule has 0 aliphatic rings. The number of nitrogens with zero attached hydrogens (tertiary/aromatic N) is 4. The van der Waals surface area contributed by atoms with Gasteiger partial charge in [-0.2, -0.15) is 0 Å². The summed E-state index contributed by atoms with van der Waals surface area (Å²) in [7, 11) is 7.98. The Balaban J connectivity index is -0.000000353. The second-order valence-corrected chi connectivity index (χ2v) is 12.4. The van der Waals surface area contributed by atoms with Crippen LogP contribution in [0.2, 0.25) is 0 Å². The number of esters is 1. The number of hydrogen-bond acceptors (Lipinski definition) is 10. The van der Waals surface area contributed by atoms with E-state index >= 15 is 0 Å². The van der Waals surface area contributed by atoms with Gasteiger partial charge in [0, 0.05) is 44.2 Å². The van der Waals surface area contributed by atoms with Gasteiger partial charge >= 0.3 is 30.8 Å². The third-order valence-corrected chi connectivity index (χ3v) is 6.60. The van der Waals surface area contributed by atoms with Crippen molar-refractivity contribution in [2.24, 2.45) is 11.8 Å². The number of aliphatic hydroxyl groups is 1. The molecule has 0 amide bonds. The molecule has 2 aromatic heterocycles. The van der Waals surface area contributed by atoms with Crippen molar-refractivity contribution >= 4 is 11.9 Å². The molecule has 2 atom stereocenters. The second kappa shape index (κ2) is 28.1. The largest absolute Gasteiger partial charge is 1.00 e. The molecule has 0 fully saturated rings. The van der Waals surface area contributed by atoms with Crippen molar-refractivity contribution in [3.8, 4) is 0 Å². The summed E-state index contributed by atoms with van der Waals surface area (Å²) in [6.45, 7) is 13.8. The molecule has 0 saturated heterocycles. The summed E-state index contributed by atoms with van der Waals surface area (Å²) in [4.78, 5) is 51.9. The number of carbonyl (C=O) groups is 2. The van der Waals surface area contributed by atoms with Crippen molar-refractivity contribution in [3.63, 3.8) is 0 Å². The molecular weight excluding hydrogens is 615 g/mol. The number of carboxylic acids is 1. The van der Waals surface area contributed by atoms with Crippen LogP contribution in [-0.4, -0.2) is 107 Å². The van der Waals surface area contributed by atoms with Crippen LogP contribution in [0, 0.1) is 11.8 Å². The number of hydrogen-bond donors (Lipinski definition) is 2. The van der Waals surface area contributed by atoms with Crippen molar-refractivity contribution in [1.82, 2.24) is 18.9 Å². The maximum absolute atomic E-state index is 12.2. The van der Waals surface area contributed by atoms with Crippen LogP contribution >= 0.6 is 0 Å². The van der Waals surface area contributed by atoms with Gasteiger partial charge in [-0.05, 0) is 90.7 Å². The van der Waals surface area contributed by atoms with Crippen LogP contribution in [0.15, 0.2) is 46.2 Å². The van der Waals surface area contributed by atoms with E-state index in [0.29, 0.717) is 25.4 Å². The molecule has 0 aliphatic carbocycles. The van der Waals surface area contributed by atoms with E-state index in [0.717, 1.165) is 37.1 Å². The van der Waals surface area contributed by atoms with Gasteiger partial charge in [0.15, 0.2) is 0 Å². The predicted octanol–water partition coefficient (Wildman–Crippen LogP) is 0.376. The summed E-state index contributed by atoms with van der Waals surface area (Å²) in [5.41, 5.74) is 1.61. The fourth-order valence-electron chi connectivity index (χ4n) is 4.38. The summed E-state index contributed by atoms with van der Waals surface area (Å²) >= 11 is 0. The Morgan fingerprint density at radius 3 is 1.42 bits per heavy atom. The monoisotopic (exact) mass is 675 g/mol. The molecule has 0 saturated carbocycles. The van der Waals surface area contributed by atoms with E-state index in [1.165, 1.54) is 21.3 Å². The first-order chi connectivity index (χ1) is 21.1. The molecule has 2 unspecified atom stereocenters. The Labute approximate surface area is 298 Å². The molecule has 2 rings (SSSR count). The van der Waals surface area contributed by atoms with Crippen LogP contribution in [0.4, 0.5) is 0 Å². The number of rotatable bonds is 15. The SMILES string of the molecule is CC(C)CC(C(=O)O)n1cc(CCN(C)C)ccc1=O.CCO.CCOC(=O)C(CC(C)C)n1cc(CCN(C)C)ccc1=O.[Li+].[OH-].[OH-]. The molecule has 14 heteroatoms. The fourth-order valence-corrected chi connectivity index (χ4v) is 4.38. The van der Waals surface area contributed by atoms with Crippen LogP contribution in [0.25, 0.3) is 0 Å². The summed E-state index contributed by atoms with van der Waals surface area (Å²) in [6.07, 6.45) is 6.16. The quantitative estimate of drug-likeness (QED) is 0.196.